The van der Waals surface area contributed by atoms with E-state index in [0.29, 0.717) is 12.0 Å². The summed E-state index contributed by atoms with van der Waals surface area (Å²) in [6, 6.07) is 11.1. The molecule has 106 valence electrons. The first kappa shape index (κ1) is 15.1. The molecule has 1 heterocycles. The third-order valence-corrected chi connectivity index (χ3v) is 3.65. The fourth-order valence-electron chi connectivity index (χ4n) is 2.19. The molecule has 20 heavy (non-hydrogen) atoms. The summed E-state index contributed by atoms with van der Waals surface area (Å²) in [7, 11) is 0. The highest BCUT2D eigenvalue weighted by molar-refractivity contribution is 9.10. The van der Waals surface area contributed by atoms with Gasteiger partial charge in [-0.05, 0) is 49.7 Å². The zero-order valence-corrected chi connectivity index (χ0v) is 13.2. The lowest BCUT2D eigenvalue weighted by molar-refractivity contribution is 0.517. The number of aromatic nitrogens is 1. The van der Waals surface area contributed by atoms with Crippen LogP contribution in [-0.4, -0.2) is 11.5 Å². The van der Waals surface area contributed by atoms with Crippen molar-refractivity contribution in [1.82, 2.24) is 10.3 Å². The molecule has 1 atom stereocenters. The van der Waals surface area contributed by atoms with Gasteiger partial charge in [0, 0.05) is 10.2 Å². The summed E-state index contributed by atoms with van der Waals surface area (Å²) in [6.07, 6.45) is 0.587. The van der Waals surface area contributed by atoms with E-state index in [1.807, 2.05) is 44.2 Å². The summed E-state index contributed by atoms with van der Waals surface area (Å²) in [5.41, 5.74) is 2.62. The molecule has 0 spiro atoms. The van der Waals surface area contributed by atoms with E-state index in [2.05, 4.69) is 26.2 Å². The average molecular weight is 337 g/mol. The van der Waals surface area contributed by atoms with Crippen LogP contribution in [0, 0.1) is 12.7 Å². The van der Waals surface area contributed by atoms with Gasteiger partial charge in [0.05, 0.1) is 11.7 Å². The molecule has 2 rings (SSSR count). The Bertz CT molecular complexity index is 586. The summed E-state index contributed by atoms with van der Waals surface area (Å²) in [6.45, 7) is 4.83. The Morgan fingerprint density at radius 3 is 2.75 bits per heavy atom. The highest BCUT2D eigenvalue weighted by atomic mass is 79.9. The average Bonchev–Trinajstić information content (AvgIpc) is 2.41. The van der Waals surface area contributed by atoms with E-state index >= 15 is 0 Å². The second kappa shape index (κ2) is 6.95. The Balaban J connectivity index is 2.25. The Labute approximate surface area is 127 Å². The first-order valence-electron chi connectivity index (χ1n) is 6.71. The summed E-state index contributed by atoms with van der Waals surface area (Å²) < 4.78 is 14.7. The lowest BCUT2D eigenvalue weighted by Gasteiger charge is -2.18. The predicted molar refractivity (Wildman–Crippen MR) is 83.2 cm³/mol. The van der Waals surface area contributed by atoms with Gasteiger partial charge in [0.2, 0.25) is 0 Å². The van der Waals surface area contributed by atoms with Crippen molar-refractivity contribution >= 4 is 15.9 Å². The molecule has 2 nitrogen and oxygen atoms in total. The van der Waals surface area contributed by atoms with Crippen LogP contribution in [0.4, 0.5) is 4.39 Å². The van der Waals surface area contributed by atoms with E-state index in [-0.39, 0.29) is 11.9 Å². The van der Waals surface area contributed by atoms with E-state index in [1.165, 1.54) is 6.07 Å². The van der Waals surface area contributed by atoms with Crippen molar-refractivity contribution in [3.8, 4) is 0 Å². The van der Waals surface area contributed by atoms with Crippen molar-refractivity contribution in [3.05, 3.63) is 63.6 Å². The lowest BCUT2D eigenvalue weighted by atomic mass is 10.0. The number of hydrogen-bond donors (Lipinski definition) is 1. The predicted octanol–water partition coefficient (Wildman–Crippen LogP) is 4.18. The molecule has 4 heteroatoms. The molecule has 1 aromatic carbocycles. The van der Waals surface area contributed by atoms with Gasteiger partial charge < -0.3 is 5.32 Å². The maximum Gasteiger partial charge on any atom is 0.127 e. The summed E-state index contributed by atoms with van der Waals surface area (Å²) in [5.74, 6) is -0.185. The fraction of sp³-hybridized carbons (Fsp3) is 0.312. The molecule has 2 aromatic rings. The fourth-order valence-corrected chi connectivity index (χ4v) is 2.53. The highest BCUT2D eigenvalue weighted by Crippen LogP contribution is 2.21. The van der Waals surface area contributed by atoms with Gasteiger partial charge in [0.25, 0.3) is 0 Å². The molecular formula is C16H18BrFN2. The summed E-state index contributed by atoms with van der Waals surface area (Å²) in [5, 5.41) is 3.38. The topological polar surface area (TPSA) is 24.9 Å². The number of benzene rings is 1. The highest BCUT2D eigenvalue weighted by Gasteiger charge is 2.15. The van der Waals surface area contributed by atoms with Gasteiger partial charge in [-0.2, -0.15) is 0 Å². The van der Waals surface area contributed by atoms with E-state index < -0.39 is 0 Å². The second-order valence-electron chi connectivity index (χ2n) is 4.75. The molecule has 1 unspecified atom stereocenters. The number of rotatable bonds is 5. The molecule has 0 fully saturated rings. The van der Waals surface area contributed by atoms with Crippen LogP contribution in [0.1, 0.15) is 29.9 Å². The Kier molecular flexibility index (Phi) is 5.26. The maximum atomic E-state index is 14.0. The van der Waals surface area contributed by atoms with E-state index in [1.54, 1.807) is 0 Å². The number of hydrogen-bond acceptors (Lipinski definition) is 2. The number of halogens is 2. The summed E-state index contributed by atoms with van der Waals surface area (Å²) in [4.78, 5) is 4.54. The molecule has 0 saturated carbocycles. The lowest BCUT2D eigenvalue weighted by Crippen LogP contribution is -2.24. The quantitative estimate of drug-likeness (QED) is 0.885. The van der Waals surface area contributed by atoms with E-state index in [9.17, 15) is 4.39 Å². The molecule has 0 aliphatic carbocycles. The van der Waals surface area contributed by atoms with Crippen molar-refractivity contribution in [1.29, 1.82) is 0 Å². The number of pyridine rings is 1. The minimum absolute atomic E-state index is 0.0237. The van der Waals surface area contributed by atoms with Crippen LogP contribution in [0.2, 0.25) is 0 Å². The van der Waals surface area contributed by atoms with E-state index in [0.717, 1.165) is 22.4 Å². The van der Waals surface area contributed by atoms with Crippen molar-refractivity contribution < 1.29 is 4.39 Å². The van der Waals surface area contributed by atoms with Gasteiger partial charge in [-0.15, -0.1) is 0 Å². The van der Waals surface area contributed by atoms with Crippen molar-refractivity contribution in [3.63, 3.8) is 0 Å². The van der Waals surface area contributed by atoms with Gasteiger partial charge >= 0.3 is 0 Å². The minimum atomic E-state index is -0.185. The van der Waals surface area contributed by atoms with E-state index in [4.69, 9.17) is 0 Å². The van der Waals surface area contributed by atoms with Crippen LogP contribution in [0.15, 0.2) is 40.9 Å². The number of nitrogens with zero attached hydrogens (tertiary/aromatic N) is 1. The van der Waals surface area contributed by atoms with Crippen LogP contribution >= 0.6 is 15.9 Å². The number of nitrogens with one attached hydrogen (secondary N) is 1. The molecule has 0 saturated heterocycles. The van der Waals surface area contributed by atoms with Crippen LogP contribution in [0.5, 0.6) is 0 Å². The first-order valence-corrected chi connectivity index (χ1v) is 7.50. The number of aryl methyl sites for hydroxylation is 1. The first-order chi connectivity index (χ1) is 9.60. The Hall–Kier alpha value is -1.26. The van der Waals surface area contributed by atoms with Gasteiger partial charge in [-0.25, -0.2) is 4.39 Å². The molecule has 1 aromatic heterocycles. The summed E-state index contributed by atoms with van der Waals surface area (Å²) >= 11 is 3.28. The Morgan fingerprint density at radius 1 is 1.30 bits per heavy atom. The third-order valence-electron chi connectivity index (χ3n) is 3.16. The molecule has 0 bridgehead atoms. The largest absolute Gasteiger partial charge is 0.309 e. The van der Waals surface area contributed by atoms with Gasteiger partial charge in [0.1, 0.15) is 5.82 Å². The van der Waals surface area contributed by atoms with Gasteiger partial charge in [0.15, 0.2) is 0 Å². The van der Waals surface area contributed by atoms with Crippen LogP contribution in [0.25, 0.3) is 0 Å². The SMILES string of the molecule is CCNC(Cc1ccc(Br)cc1F)c1cccc(C)n1. The zero-order valence-electron chi connectivity index (χ0n) is 11.7. The molecular weight excluding hydrogens is 319 g/mol. The molecule has 0 aliphatic rings. The van der Waals surface area contributed by atoms with Gasteiger partial charge in [-0.1, -0.05) is 35.0 Å². The zero-order chi connectivity index (χ0) is 14.5. The normalized spacial score (nSPS) is 12.4. The molecule has 0 aliphatic heterocycles. The maximum absolute atomic E-state index is 14.0. The monoisotopic (exact) mass is 336 g/mol. The second-order valence-corrected chi connectivity index (χ2v) is 5.67. The number of likely N-dealkylation sites (N-methyl/N-ethyl adjacent to an activating group) is 1. The molecule has 0 amide bonds. The minimum Gasteiger partial charge on any atom is -0.309 e. The molecule has 0 radical (unpaired) electrons. The van der Waals surface area contributed by atoms with Crippen molar-refractivity contribution in [2.24, 2.45) is 0 Å². The van der Waals surface area contributed by atoms with Crippen molar-refractivity contribution in [2.75, 3.05) is 6.54 Å². The standard InChI is InChI=1S/C16H18BrFN2/c1-3-19-16(15-6-4-5-11(2)20-15)9-12-7-8-13(17)10-14(12)18/h4-8,10,16,19H,3,9H2,1-2H3. The van der Waals surface area contributed by atoms with Gasteiger partial charge in [-0.3, -0.25) is 4.98 Å². The Morgan fingerprint density at radius 2 is 2.10 bits per heavy atom. The van der Waals surface area contributed by atoms with Crippen LogP contribution in [0.3, 0.4) is 0 Å². The smallest absolute Gasteiger partial charge is 0.127 e. The molecule has 1 N–H and O–H groups in total. The van der Waals surface area contributed by atoms with Crippen LogP contribution < -0.4 is 5.32 Å². The third kappa shape index (κ3) is 3.87. The van der Waals surface area contributed by atoms with Crippen LogP contribution in [-0.2, 0) is 6.42 Å². The van der Waals surface area contributed by atoms with Crippen molar-refractivity contribution in [2.45, 2.75) is 26.3 Å².